The summed E-state index contributed by atoms with van der Waals surface area (Å²) >= 11 is 6.96. The lowest BCUT2D eigenvalue weighted by atomic mass is 9.95. The standard InChI is InChI=1S/C32H33ClN2O7S/c1-6-15-42-31(39)29-19(5)34-32(43-29)35-26(21-10-13-23(24(17-21)40-7-2)41-16-14-18(3)4)25(28(37)30(35)38)27(36)20-8-11-22(33)12-9-20/h6,8-13,17-18,26,36H,1,7,14-16H2,2-5H3/b27-25+. The highest BCUT2D eigenvalue weighted by Gasteiger charge is 2.48. The molecule has 1 aliphatic rings. The van der Waals surface area contributed by atoms with Crippen molar-refractivity contribution in [1.29, 1.82) is 0 Å². The number of carbonyl (C=O) groups excluding carboxylic acids is 3. The molecule has 2 heterocycles. The SMILES string of the molecule is C=CCOC(=O)c1sc(N2C(=O)C(=O)/C(=C(/O)c3ccc(Cl)cc3)C2c2ccc(OCCC(C)C)c(OCC)c2)nc1C. The van der Waals surface area contributed by atoms with Crippen molar-refractivity contribution in [2.24, 2.45) is 5.92 Å². The van der Waals surface area contributed by atoms with Gasteiger partial charge in [0, 0.05) is 10.6 Å². The number of Topliss-reactive ketones (excluding diaryl/α,β-unsaturated/α-hetero) is 1. The van der Waals surface area contributed by atoms with E-state index < -0.39 is 23.7 Å². The molecule has 226 valence electrons. The monoisotopic (exact) mass is 624 g/mol. The maximum atomic E-state index is 13.6. The zero-order chi connectivity index (χ0) is 31.3. The zero-order valence-electron chi connectivity index (χ0n) is 24.4. The first-order valence-electron chi connectivity index (χ1n) is 13.8. The highest BCUT2D eigenvalue weighted by molar-refractivity contribution is 7.17. The van der Waals surface area contributed by atoms with Crippen molar-refractivity contribution in [2.75, 3.05) is 24.7 Å². The summed E-state index contributed by atoms with van der Waals surface area (Å²) in [6.45, 7) is 12.0. The maximum Gasteiger partial charge on any atom is 0.350 e. The third-order valence-corrected chi connectivity index (χ3v) is 8.00. The molecule has 0 radical (unpaired) electrons. The number of hydrogen-bond acceptors (Lipinski definition) is 9. The van der Waals surface area contributed by atoms with E-state index in [9.17, 15) is 19.5 Å². The summed E-state index contributed by atoms with van der Waals surface area (Å²) in [5, 5.41) is 12.0. The lowest BCUT2D eigenvalue weighted by molar-refractivity contribution is -0.132. The quantitative estimate of drug-likeness (QED) is 0.0761. The Bertz CT molecular complexity index is 1560. The Labute approximate surface area is 259 Å². The third-order valence-electron chi connectivity index (χ3n) is 6.61. The van der Waals surface area contributed by atoms with Gasteiger partial charge in [-0.1, -0.05) is 55.5 Å². The molecule has 4 rings (SSSR count). The number of aryl methyl sites for hydroxylation is 1. The molecular weight excluding hydrogens is 592 g/mol. The number of aliphatic hydroxyl groups excluding tert-OH is 1. The number of hydrogen-bond donors (Lipinski definition) is 1. The molecular formula is C32H33ClN2O7S. The second kappa shape index (κ2) is 13.9. The molecule has 0 aliphatic carbocycles. The summed E-state index contributed by atoms with van der Waals surface area (Å²) in [6.07, 6.45) is 2.28. The average molecular weight is 625 g/mol. The van der Waals surface area contributed by atoms with Crippen molar-refractivity contribution >= 4 is 51.5 Å². The van der Waals surface area contributed by atoms with Crippen LogP contribution < -0.4 is 14.4 Å². The molecule has 1 aromatic heterocycles. The summed E-state index contributed by atoms with van der Waals surface area (Å²) < 4.78 is 17.1. The van der Waals surface area contributed by atoms with E-state index in [1.54, 1.807) is 49.4 Å². The van der Waals surface area contributed by atoms with Crippen LogP contribution in [0.3, 0.4) is 0 Å². The van der Waals surface area contributed by atoms with Crippen LogP contribution in [0.1, 0.15) is 59.7 Å². The van der Waals surface area contributed by atoms with Crippen molar-refractivity contribution in [2.45, 2.75) is 40.2 Å². The minimum atomic E-state index is -1.10. The molecule has 11 heteroatoms. The second-order valence-electron chi connectivity index (χ2n) is 10.1. The van der Waals surface area contributed by atoms with Crippen LogP contribution in [0, 0.1) is 12.8 Å². The predicted octanol–water partition coefficient (Wildman–Crippen LogP) is 6.90. The highest BCUT2D eigenvalue weighted by atomic mass is 35.5. The normalized spacial score (nSPS) is 16.0. The molecule has 0 spiro atoms. The van der Waals surface area contributed by atoms with Gasteiger partial charge in [-0.25, -0.2) is 9.78 Å². The molecule has 1 atom stereocenters. The molecule has 2 aromatic carbocycles. The van der Waals surface area contributed by atoms with E-state index >= 15 is 0 Å². The van der Waals surface area contributed by atoms with Crippen LogP contribution in [0.25, 0.3) is 5.76 Å². The molecule has 43 heavy (non-hydrogen) atoms. The van der Waals surface area contributed by atoms with Gasteiger partial charge in [-0.05, 0) is 68.1 Å². The Morgan fingerprint density at radius 3 is 2.53 bits per heavy atom. The number of aliphatic hydroxyl groups is 1. The Morgan fingerprint density at radius 2 is 1.88 bits per heavy atom. The smallest absolute Gasteiger partial charge is 0.350 e. The third kappa shape index (κ3) is 6.92. The predicted molar refractivity (Wildman–Crippen MR) is 166 cm³/mol. The van der Waals surface area contributed by atoms with Crippen molar-refractivity contribution < 1.29 is 33.7 Å². The first-order chi connectivity index (χ1) is 20.6. The zero-order valence-corrected chi connectivity index (χ0v) is 26.0. The summed E-state index contributed by atoms with van der Waals surface area (Å²) in [4.78, 5) is 45.7. The fourth-order valence-electron chi connectivity index (χ4n) is 4.47. The van der Waals surface area contributed by atoms with Crippen molar-refractivity contribution in [3.63, 3.8) is 0 Å². The van der Waals surface area contributed by atoms with E-state index in [1.165, 1.54) is 11.0 Å². The van der Waals surface area contributed by atoms with Crippen LogP contribution >= 0.6 is 22.9 Å². The fraction of sp³-hybridized carbons (Fsp3) is 0.312. The number of halogens is 1. The second-order valence-corrected chi connectivity index (χ2v) is 11.6. The Morgan fingerprint density at radius 1 is 1.16 bits per heavy atom. The molecule has 1 aliphatic heterocycles. The number of nitrogens with zero attached hydrogens (tertiary/aromatic N) is 2. The summed E-state index contributed by atoms with van der Waals surface area (Å²) in [5.74, 6) is -1.44. The van der Waals surface area contributed by atoms with Crippen LogP contribution in [0.4, 0.5) is 5.13 Å². The van der Waals surface area contributed by atoms with Crippen LogP contribution in [-0.2, 0) is 14.3 Å². The molecule has 1 amide bonds. The lowest BCUT2D eigenvalue weighted by Crippen LogP contribution is -2.29. The topological polar surface area (TPSA) is 115 Å². The van der Waals surface area contributed by atoms with Gasteiger partial charge in [0.25, 0.3) is 5.78 Å². The maximum absolute atomic E-state index is 13.6. The number of rotatable bonds is 12. The number of benzene rings is 2. The van der Waals surface area contributed by atoms with Gasteiger partial charge in [-0.15, -0.1) is 0 Å². The fourth-order valence-corrected chi connectivity index (χ4v) is 5.58. The number of carbonyl (C=O) groups is 3. The van der Waals surface area contributed by atoms with Crippen molar-refractivity contribution in [1.82, 2.24) is 4.98 Å². The first kappa shape index (κ1) is 31.8. The number of amides is 1. The van der Waals surface area contributed by atoms with E-state index in [4.69, 9.17) is 25.8 Å². The molecule has 1 N–H and O–H groups in total. The average Bonchev–Trinajstić information content (AvgIpc) is 3.48. The highest BCUT2D eigenvalue weighted by Crippen LogP contribution is 2.45. The van der Waals surface area contributed by atoms with Crippen LogP contribution in [-0.4, -0.2) is 47.6 Å². The van der Waals surface area contributed by atoms with Crippen LogP contribution in [0.2, 0.25) is 5.02 Å². The van der Waals surface area contributed by atoms with Crippen molar-refractivity contribution in [3.05, 3.63) is 87.4 Å². The summed E-state index contributed by atoms with van der Waals surface area (Å²) in [6, 6.07) is 10.3. The largest absolute Gasteiger partial charge is 0.507 e. The number of thiazole rings is 1. The van der Waals surface area contributed by atoms with Gasteiger partial charge in [-0.3, -0.25) is 14.5 Å². The van der Waals surface area contributed by atoms with Crippen LogP contribution in [0.5, 0.6) is 11.5 Å². The Kier molecular flexibility index (Phi) is 10.3. The number of aromatic nitrogens is 1. The van der Waals surface area contributed by atoms with Gasteiger partial charge in [-0.2, -0.15) is 0 Å². The molecule has 1 saturated heterocycles. The summed E-state index contributed by atoms with van der Waals surface area (Å²) in [7, 11) is 0. The molecule has 0 saturated carbocycles. The van der Waals surface area contributed by atoms with Gasteiger partial charge < -0.3 is 19.3 Å². The van der Waals surface area contributed by atoms with Gasteiger partial charge in [0.1, 0.15) is 17.2 Å². The van der Waals surface area contributed by atoms with Gasteiger partial charge in [0.2, 0.25) is 0 Å². The minimum Gasteiger partial charge on any atom is -0.507 e. The number of anilines is 1. The number of ether oxygens (including phenoxy) is 3. The van der Waals surface area contributed by atoms with Crippen LogP contribution in [0.15, 0.2) is 60.7 Å². The van der Waals surface area contributed by atoms with Gasteiger partial charge in [0.05, 0.1) is 30.5 Å². The minimum absolute atomic E-state index is 0.00288. The van der Waals surface area contributed by atoms with E-state index in [1.807, 2.05) is 6.92 Å². The lowest BCUT2D eigenvalue weighted by Gasteiger charge is -2.24. The molecule has 1 unspecified atom stereocenters. The van der Waals surface area contributed by atoms with E-state index in [0.29, 0.717) is 52.5 Å². The van der Waals surface area contributed by atoms with E-state index in [0.717, 1.165) is 17.8 Å². The molecule has 3 aromatic rings. The van der Waals surface area contributed by atoms with Gasteiger partial charge >= 0.3 is 11.9 Å². The Hall–Kier alpha value is -4.15. The first-order valence-corrected chi connectivity index (χ1v) is 15.0. The molecule has 0 bridgehead atoms. The molecule has 9 nitrogen and oxygen atoms in total. The van der Waals surface area contributed by atoms with Crippen molar-refractivity contribution in [3.8, 4) is 11.5 Å². The number of esters is 1. The Balaban J connectivity index is 1.87. The van der Waals surface area contributed by atoms with E-state index in [-0.39, 0.29) is 27.9 Å². The van der Waals surface area contributed by atoms with E-state index in [2.05, 4.69) is 25.4 Å². The van der Waals surface area contributed by atoms with Gasteiger partial charge in [0.15, 0.2) is 16.6 Å². The number of ketones is 1. The molecule has 1 fully saturated rings. The summed E-state index contributed by atoms with van der Waals surface area (Å²) in [5.41, 5.74) is 0.955.